The van der Waals surface area contributed by atoms with Gasteiger partial charge < -0.3 is 32.3 Å². The molecule has 0 aliphatic carbocycles. The van der Waals surface area contributed by atoms with Gasteiger partial charge in [-0.05, 0) is 18.8 Å². The molecule has 0 saturated heterocycles. The van der Waals surface area contributed by atoms with Crippen molar-refractivity contribution in [1.29, 1.82) is 0 Å². The van der Waals surface area contributed by atoms with Gasteiger partial charge in [-0.15, -0.1) is 0 Å². The van der Waals surface area contributed by atoms with Crippen molar-refractivity contribution in [3.05, 3.63) is 0 Å². The number of nitrogens with two attached hydrogens (primary N) is 2. The second-order valence-electron chi connectivity index (χ2n) is 5.88. The Hall–Kier alpha value is -2.20. The van der Waals surface area contributed by atoms with Gasteiger partial charge in [-0.25, -0.2) is 4.79 Å². The van der Waals surface area contributed by atoms with E-state index in [2.05, 4.69) is 10.6 Å². The van der Waals surface area contributed by atoms with E-state index in [0.717, 1.165) is 0 Å². The van der Waals surface area contributed by atoms with Crippen molar-refractivity contribution < 1.29 is 29.4 Å². The third kappa shape index (κ3) is 8.44. The molecule has 10 nitrogen and oxygen atoms in total. The average Bonchev–Trinajstić information content (AvgIpc) is 2.48. The molecule has 24 heavy (non-hydrogen) atoms. The summed E-state index contributed by atoms with van der Waals surface area (Å²) in [7, 11) is 0. The molecular weight excluding hydrogens is 320 g/mol. The van der Waals surface area contributed by atoms with Gasteiger partial charge in [-0.3, -0.25) is 14.4 Å². The molecule has 0 aliphatic heterocycles. The van der Waals surface area contributed by atoms with Crippen molar-refractivity contribution in [3.63, 3.8) is 0 Å². The molecule has 0 unspecified atom stereocenters. The van der Waals surface area contributed by atoms with Crippen LogP contribution in [0.3, 0.4) is 0 Å². The number of primary amides is 1. The Balaban J connectivity index is 4.86. The Labute approximate surface area is 139 Å². The van der Waals surface area contributed by atoms with Crippen LogP contribution in [-0.2, 0) is 19.2 Å². The van der Waals surface area contributed by atoms with Crippen LogP contribution in [0.25, 0.3) is 0 Å². The van der Waals surface area contributed by atoms with Crippen molar-refractivity contribution in [2.45, 2.75) is 51.2 Å². The fourth-order valence-corrected chi connectivity index (χ4v) is 1.87. The first-order chi connectivity index (χ1) is 11.1. The largest absolute Gasteiger partial charge is 0.480 e. The number of aliphatic hydroxyl groups excluding tert-OH is 1. The van der Waals surface area contributed by atoms with E-state index in [1.54, 1.807) is 0 Å². The van der Waals surface area contributed by atoms with Crippen LogP contribution >= 0.6 is 0 Å². The lowest BCUT2D eigenvalue weighted by Gasteiger charge is -2.23. The van der Waals surface area contributed by atoms with Crippen molar-refractivity contribution >= 4 is 23.7 Å². The van der Waals surface area contributed by atoms with E-state index in [0.29, 0.717) is 0 Å². The maximum atomic E-state index is 12.2. The summed E-state index contributed by atoms with van der Waals surface area (Å²) in [6.45, 7) is 2.86. The second-order valence-corrected chi connectivity index (χ2v) is 5.88. The Morgan fingerprint density at radius 2 is 1.58 bits per heavy atom. The molecule has 3 atom stereocenters. The summed E-state index contributed by atoms with van der Waals surface area (Å²) in [4.78, 5) is 45.7. The molecule has 0 saturated carbocycles. The first-order valence-electron chi connectivity index (χ1n) is 7.56. The van der Waals surface area contributed by atoms with Gasteiger partial charge in [0.15, 0.2) is 0 Å². The molecule has 0 fully saturated rings. The zero-order valence-corrected chi connectivity index (χ0v) is 13.8. The highest BCUT2D eigenvalue weighted by molar-refractivity contribution is 5.92. The molecule has 0 rings (SSSR count). The lowest BCUT2D eigenvalue weighted by atomic mass is 10.0. The minimum atomic E-state index is -1.47. The first kappa shape index (κ1) is 21.8. The van der Waals surface area contributed by atoms with E-state index >= 15 is 0 Å². The molecule has 0 heterocycles. The molecular formula is C14H26N4O6. The Morgan fingerprint density at radius 3 is 2.00 bits per heavy atom. The number of carboxylic acids is 1. The fourth-order valence-electron chi connectivity index (χ4n) is 1.87. The zero-order valence-electron chi connectivity index (χ0n) is 13.8. The van der Waals surface area contributed by atoms with Crippen molar-refractivity contribution in [3.8, 4) is 0 Å². The first-order valence-corrected chi connectivity index (χ1v) is 7.56. The smallest absolute Gasteiger partial charge is 0.328 e. The van der Waals surface area contributed by atoms with E-state index < -0.39 is 48.4 Å². The summed E-state index contributed by atoms with van der Waals surface area (Å²) < 4.78 is 0. The SMILES string of the molecule is CC(C)C[C@H](NC(=O)[C@@H](N)CCC(N)=O)C(=O)N[C@@H](CO)C(=O)O. The number of carbonyl (C=O) groups excluding carboxylic acids is 3. The van der Waals surface area contributed by atoms with Crippen LogP contribution in [0.5, 0.6) is 0 Å². The highest BCUT2D eigenvalue weighted by atomic mass is 16.4. The molecule has 8 N–H and O–H groups in total. The standard InChI is InChI=1S/C14H26N4O6/c1-7(2)5-9(13(22)18-10(6-19)14(23)24)17-12(21)8(15)3-4-11(16)20/h7-10,19H,3-6,15H2,1-2H3,(H2,16,20)(H,17,21)(H,18,22)(H,23,24)/t8-,9-,10-/m0/s1. The minimum absolute atomic E-state index is 0.0281. The average molecular weight is 346 g/mol. The molecule has 0 aromatic heterocycles. The van der Waals surface area contributed by atoms with Crippen molar-refractivity contribution in [2.75, 3.05) is 6.61 Å². The van der Waals surface area contributed by atoms with Gasteiger partial charge in [-0.2, -0.15) is 0 Å². The number of nitrogens with one attached hydrogen (secondary N) is 2. The van der Waals surface area contributed by atoms with Crippen LogP contribution in [0.1, 0.15) is 33.1 Å². The molecule has 0 aliphatic rings. The number of aliphatic carboxylic acids is 1. The molecule has 0 aromatic carbocycles. The molecule has 0 bridgehead atoms. The normalized spacial score (nSPS) is 14.5. The lowest BCUT2D eigenvalue weighted by molar-refractivity contribution is -0.143. The van der Waals surface area contributed by atoms with Crippen molar-refractivity contribution in [1.82, 2.24) is 10.6 Å². The monoisotopic (exact) mass is 346 g/mol. The maximum absolute atomic E-state index is 12.2. The second kappa shape index (κ2) is 10.6. The van der Waals surface area contributed by atoms with Crippen LogP contribution in [0.15, 0.2) is 0 Å². The van der Waals surface area contributed by atoms with E-state index in [-0.39, 0.29) is 25.2 Å². The predicted molar refractivity (Wildman–Crippen MR) is 84.4 cm³/mol. The van der Waals surface area contributed by atoms with E-state index in [9.17, 15) is 19.2 Å². The molecule has 0 spiro atoms. The third-order valence-corrected chi connectivity index (χ3v) is 3.18. The number of carbonyl (C=O) groups is 4. The molecule has 3 amide bonds. The van der Waals surface area contributed by atoms with Gasteiger partial charge in [-0.1, -0.05) is 13.8 Å². The molecule has 0 radical (unpaired) electrons. The van der Waals surface area contributed by atoms with E-state index in [1.165, 1.54) is 0 Å². The predicted octanol–water partition coefficient (Wildman–Crippen LogP) is -2.33. The van der Waals surface area contributed by atoms with Gasteiger partial charge in [0, 0.05) is 6.42 Å². The van der Waals surface area contributed by atoms with Gasteiger partial charge in [0.25, 0.3) is 0 Å². The molecule has 0 aromatic rings. The van der Waals surface area contributed by atoms with Crippen LogP contribution in [0.4, 0.5) is 0 Å². The van der Waals surface area contributed by atoms with E-state index in [4.69, 9.17) is 21.7 Å². The summed E-state index contributed by atoms with van der Waals surface area (Å²) in [5.74, 6) is -3.34. The number of hydrogen-bond acceptors (Lipinski definition) is 6. The Bertz CT molecular complexity index is 468. The fraction of sp³-hybridized carbons (Fsp3) is 0.714. The van der Waals surface area contributed by atoms with Crippen LogP contribution in [0, 0.1) is 5.92 Å². The van der Waals surface area contributed by atoms with Gasteiger partial charge in [0.2, 0.25) is 17.7 Å². The number of hydrogen-bond donors (Lipinski definition) is 6. The number of carboxylic acid groups (broad SMARTS) is 1. The Morgan fingerprint density at radius 1 is 1.04 bits per heavy atom. The molecule has 138 valence electrons. The highest BCUT2D eigenvalue weighted by Crippen LogP contribution is 2.06. The summed E-state index contributed by atoms with van der Waals surface area (Å²) in [6.07, 6.45) is 0.213. The summed E-state index contributed by atoms with van der Waals surface area (Å²) in [6, 6.07) is -3.49. The lowest BCUT2D eigenvalue weighted by Crippen LogP contribution is -2.55. The summed E-state index contributed by atoms with van der Waals surface area (Å²) in [5.41, 5.74) is 10.6. The zero-order chi connectivity index (χ0) is 18.9. The topological polar surface area (TPSA) is 185 Å². The summed E-state index contributed by atoms with van der Waals surface area (Å²) in [5, 5.41) is 22.4. The molecule has 10 heteroatoms. The summed E-state index contributed by atoms with van der Waals surface area (Å²) >= 11 is 0. The minimum Gasteiger partial charge on any atom is -0.480 e. The number of rotatable bonds is 11. The number of amides is 3. The van der Waals surface area contributed by atoms with Crippen molar-refractivity contribution in [2.24, 2.45) is 17.4 Å². The highest BCUT2D eigenvalue weighted by Gasteiger charge is 2.28. The Kier molecular flexibility index (Phi) is 9.58. The van der Waals surface area contributed by atoms with E-state index in [1.807, 2.05) is 13.8 Å². The van der Waals surface area contributed by atoms with Gasteiger partial charge in [0.05, 0.1) is 12.6 Å². The maximum Gasteiger partial charge on any atom is 0.328 e. The van der Waals surface area contributed by atoms with Crippen LogP contribution < -0.4 is 22.1 Å². The van der Waals surface area contributed by atoms with Crippen LogP contribution in [-0.4, -0.2) is 58.6 Å². The quantitative estimate of drug-likeness (QED) is 0.242. The van der Waals surface area contributed by atoms with Gasteiger partial charge >= 0.3 is 5.97 Å². The third-order valence-electron chi connectivity index (χ3n) is 3.18. The number of aliphatic hydroxyl groups is 1. The van der Waals surface area contributed by atoms with Gasteiger partial charge in [0.1, 0.15) is 12.1 Å². The van der Waals surface area contributed by atoms with Crippen LogP contribution in [0.2, 0.25) is 0 Å².